The summed E-state index contributed by atoms with van der Waals surface area (Å²) < 4.78 is 12.8. The largest absolute Gasteiger partial charge is 0.298 e. The van der Waals surface area contributed by atoms with E-state index in [1.165, 1.54) is 12.1 Å². The van der Waals surface area contributed by atoms with Gasteiger partial charge in [0.15, 0.2) is 0 Å². The number of hydrogen-bond acceptors (Lipinski definition) is 1. The number of hydrogen-bond donors (Lipinski definition) is 0. The van der Waals surface area contributed by atoms with Crippen molar-refractivity contribution in [1.82, 2.24) is 4.90 Å². The Morgan fingerprint density at radius 2 is 2.20 bits per heavy atom. The molecule has 1 aliphatic rings. The molecule has 1 heterocycles. The maximum Gasteiger partial charge on any atom is 0.124 e. The normalized spacial score (nSPS) is 17.8. The SMILES string of the molecule is Fc1ccc(CN2CC(CBr)C2)c(Cl)c1. The lowest BCUT2D eigenvalue weighted by atomic mass is 10.0. The van der Waals surface area contributed by atoms with E-state index >= 15 is 0 Å². The molecule has 1 nitrogen and oxygen atoms in total. The molecule has 0 radical (unpaired) electrons. The number of halogens is 3. The van der Waals surface area contributed by atoms with E-state index in [1.807, 2.05) is 0 Å². The Morgan fingerprint density at radius 3 is 2.80 bits per heavy atom. The van der Waals surface area contributed by atoms with Gasteiger partial charge in [0, 0.05) is 30.0 Å². The van der Waals surface area contributed by atoms with Crippen molar-refractivity contribution in [3.8, 4) is 0 Å². The zero-order valence-corrected chi connectivity index (χ0v) is 10.6. The number of nitrogens with zero attached hydrogens (tertiary/aromatic N) is 1. The summed E-state index contributed by atoms with van der Waals surface area (Å²) in [6.45, 7) is 3.01. The first-order valence-electron chi connectivity index (χ1n) is 4.91. The molecule has 1 saturated heterocycles. The molecule has 0 saturated carbocycles. The van der Waals surface area contributed by atoms with Gasteiger partial charge < -0.3 is 0 Å². The van der Waals surface area contributed by atoms with Crippen molar-refractivity contribution >= 4 is 27.5 Å². The molecule has 0 spiro atoms. The summed E-state index contributed by atoms with van der Waals surface area (Å²) >= 11 is 9.41. The zero-order valence-electron chi connectivity index (χ0n) is 8.22. The molecule has 1 aliphatic heterocycles. The monoisotopic (exact) mass is 291 g/mol. The molecular weight excluding hydrogens is 280 g/mol. The molecule has 2 rings (SSSR count). The van der Waals surface area contributed by atoms with E-state index < -0.39 is 0 Å². The van der Waals surface area contributed by atoms with Gasteiger partial charge in [-0.3, -0.25) is 4.90 Å². The molecule has 0 unspecified atom stereocenters. The third-order valence-electron chi connectivity index (χ3n) is 2.66. The summed E-state index contributed by atoms with van der Waals surface area (Å²) in [6, 6.07) is 4.60. The second-order valence-electron chi connectivity index (χ2n) is 3.95. The second-order valence-corrected chi connectivity index (χ2v) is 5.00. The van der Waals surface area contributed by atoms with Crippen LogP contribution in [0.5, 0.6) is 0 Å². The first-order valence-corrected chi connectivity index (χ1v) is 6.41. The van der Waals surface area contributed by atoms with Crippen LogP contribution >= 0.6 is 27.5 Å². The van der Waals surface area contributed by atoms with E-state index in [1.54, 1.807) is 6.07 Å². The van der Waals surface area contributed by atoms with Gasteiger partial charge in [-0.1, -0.05) is 33.6 Å². The van der Waals surface area contributed by atoms with E-state index in [9.17, 15) is 4.39 Å². The van der Waals surface area contributed by atoms with Crippen LogP contribution < -0.4 is 0 Å². The smallest absolute Gasteiger partial charge is 0.124 e. The van der Waals surface area contributed by atoms with Crippen LogP contribution in [0, 0.1) is 11.7 Å². The molecule has 0 atom stereocenters. The van der Waals surface area contributed by atoms with Gasteiger partial charge in [0.05, 0.1) is 0 Å². The molecule has 1 aromatic rings. The average Bonchev–Trinajstić information content (AvgIpc) is 2.13. The molecule has 0 aliphatic carbocycles. The minimum atomic E-state index is -0.273. The van der Waals surface area contributed by atoms with Crippen LogP contribution in [0.4, 0.5) is 4.39 Å². The average molecular weight is 293 g/mol. The van der Waals surface area contributed by atoms with Crippen LogP contribution in [-0.2, 0) is 6.54 Å². The summed E-state index contributed by atoms with van der Waals surface area (Å²) in [5, 5.41) is 1.58. The van der Waals surface area contributed by atoms with Crippen molar-refractivity contribution in [3.63, 3.8) is 0 Å². The van der Waals surface area contributed by atoms with Crippen LogP contribution in [0.25, 0.3) is 0 Å². The highest BCUT2D eigenvalue weighted by Crippen LogP contribution is 2.24. The van der Waals surface area contributed by atoms with Crippen molar-refractivity contribution in [1.29, 1.82) is 0 Å². The van der Waals surface area contributed by atoms with E-state index in [0.717, 1.165) is 36.4 Å². The van der Waals surface area contributed by atoms with E-state index in [0.29, 0.717) is 5.02 Å². The maximum absolute atomic E-state index is 12.8. The Balaban J connectivity index is 1.94. The van der Waals surface area contributed by atoms with E-state index in [-0.39, 0.29) is 5.82 Å². The van der Waals surface area contributed by atoms with Crippen molar-refractivity contribution in [3.05, 3.63) is 34.6 Å². The Labute approximate surface area is 102 Å². The topological polar surface area (TPSA) is 3.24 Å². The Morgan fingerprint density at radius 1 is 1.47 bits per heavy atom. The quantitative estimate of drug-likeness (QED) is 0.773. The van der Waals surface area contributed by atoms with Crippen LogP contribution in [0.15, 0.2) is 18.2 Å². The lowest BCUT2D eigenvalue weighted by Gasteiger charge is -2.38. The van der Waals surface area contributed by atoms with Crippen LogP contribution in [0.2, 0.25) is 5.02 Å². The van der Waals surface area contributed by atoms with Gasteiger partial charge in [-0.15, -0.1) is 0 Å². The molecule has 1 fully saturated rings. The first kappa shape index (κ1) is 11.4. The van der Waals surface area contributed by atoms with Crippen LogP contribution in [0.1, 0.15) is 5.56 Å². The van der Waals surface area contributed by atoms with E-state index in [4.69, 9.17) is 11.6 Å². The Kier molecular flexibility index (Phi) is 3.65. The summed E-state index contributed by atoms with van der Waals surface area (Å²) in [7, 11) is 0. The van der Waals surface area contributed by atoms with Gasteiger partial charge in [-0.25, -0.2) is 4.39 Å². The highest BCUT2D eigenvalue weighted by Gasteiger charge is 2.25. The number of likely N-dealkylation sites (tertiary alicyclic amines) is 1. The highest BCUT2D eigenvalue weighted by molar-refractivity contribution is 9.09. The second kappa shape index (κ2) is 4.81. The fourth-order valence-corrected chi connectivity index (χ4v) is 2.43. The van der Waals surface area contributed by atoms with Crippen LogP contribution in [0.3, 0.4) is 0 Å². The fraction of sp³-hybridized carbons (Fsp3) is 0.455. The predicted octanol–water partition coefficient (Wildman–Crippen LogP) is 3.31. The van der Waals surface area contributed by atoms with Crippen molar-refractivity contribution < 1.29 is 4.39 Å². The minimum Gasteiger partial charge on any atom is -0.298 e. The lowest BCUT2D eigenvalue weighted by molar-refractivity contribution is 0.108. The molecule has 15 heavy (non-hydrogen) atoms. The Hall–Kier alpha value is -0.120. The van der Waals surface area contributed by atoms with Gasteiger partial charge in [0.25, 0.3) is 0 Å². The van der Waals surface area contributed by atoms with Gasteiger partial charge in [0.1, 0.15) is 5.82 Å². The molecule has 0 N–H and O–H groups in total. The van der Waals surface area contributed by atoms with Crippen molar-refractivity contribution in [2.45, 2.75) is 6.54 Å². The molecule has 0 amide bonds. The molecule has 4 heteroatoms. The van der Waals surface area contributed by atoms with Gasteiger partial charge >= 0.3 is 0 Å². The molecular formula is C11H12BrClFN. The summed E-state index contributed by atoms with van der Waals surface area (Å²) in [5.74, 6) is 0.481. The van der Waals surface area contributed by atoms with Crippen LogP contribution in [-0.4, -0.2) is 23.3 Å². The highest BCUT2D eigenvalue weighted by atomic mass is 79.9. The van der Waals surface area contributed by atoms with Gasteiger partial charge in [-0.2, -0.15) is 0 Å². The standard InChI is InChI=1S/C11H12BrClFN/c12-4-8-5-15(6-8)7-9-1-2-10(14)3-11(9)13/h1-3,8H,4-7H2. The maximum atomic E-state index is 12.8. The lowest BCUT2D eigenvalue weighted by Crippen LogP contribution is -2.46. The number of alkyl halides is 1. The molecule has 0 bridgehead atoms. The third-order valence-corrected chi connectivity index (χ3v) is 3.93. The predicted molar refractivity (Wildman–Crippen MR) is 64.0 cm³/mol. The molecule has 0 aromatic heterocycles. The van der Waals surface area contributed by atoms with Crippen molar-refractivity contribution in [2.24, 2.45) is 5.92 Å². The van der Waals surface area contributed by atoms with Gasteiger partial charge in [-0.05, 0) is 23.6 Å². The first-order chi connectivity index (χ1) is 7.19. The molecule has 82 valence electrons. The van der Waals surface area contributed by atoms with E-state index in [2.05, 4.69) is 20.8 Å². The summed E-state index contributed by atoms with van der Waals surface area (Å²) in [6.07, 6.45) is 0. The fourth-order valence-electron chi connectivity index (χ4n) is 1.79. The molecule has 1 aromatic carbocycles. The summed E-state index contributed by atoms with van der Waals surface area (Å²) in [5.41, 5.74) is 1.01. The number of benzene rings is 1. The zero-order chi connectivity index (χ0) is 10.8. The Bertz CT molecular complexity index is 352. The number of rotatable bonds is 3. The van der Waals surface area contributed by atoms with Crippen molar-refractivity contribution in [2.75, 3.05) is 18.4 Å². The van der Waals surface area contributed by atoms with Gasteiger partial charge in [0.2, 0.25) is 0 Å². The minimum absolute atomic E-state index is 0.273. The third kappa shape index (κ3) is 2.71. The summed E-state index contributed by atoms with van der Waals surface area (Å²) in [4.78, 5) is 2.31.